The molecule has 0 aromatic carbocycles. The Morgan fingerprint density at radius 1 is 1.53 bits per heavy atom. The molecule has 1 fully saturated rings. The van der Waals surface area contributed by atoms with E-state index in [-0.39, 0.29) is 24.9 Å². The number of amides is 1. The molecule has 1 amide bonds. The van der Waals surface area contributed by atoms with Gasteiger partial charge in [0.25, 0.3) is 5.91 Å². The fraction of sp³-hybridized carbons (Fsp3) is 0.636. The van der Waals surface area contributed by atoms with E-state index in [1.54, 1.807) is 11.6 Å². The first kappa shape index (κ1) is 13.9. The van der Waals surface area contributed by atoms with E-state index in [4.69, 9.17) is 0 Å². The molecule has 1 saturated heterocycles. The molecule has 0 bridgehead atoms. The Bertz CT molecular complexity index is 449. The van der Waals surface area contributed by atoms with E-state index in [1.165, 1.54) is 12.5 Å². The largest absolute Gasteiger partial charge is 0.403 e. The van der Waals surface area contributed by atoms with E-state index in [9.17, 15) is 18.0 Å². The Labute approximate surface area is 108 Å². The maximum Gasteiger partial charge on any atom is 0.403 e. The number of imidazole rings is 1. The lowest BCUT2D eigenvalue weighted by Crippen LogP contribution is -2.54. The lowest BCUT2D eigenvalue weighted by Gasteiger charge is -2.31. The number of nitrogens with one attached hydrogen (secondary N) is 2. The van der Waals surface area contributed by atoms with Gasteiger partial charge in [0.15, 0.2) is 0 Å². The third kappa shape index (κ3) is 3.25. The van der Waals surface area contributed by atoms with Gasteiger partial charge in [-0.15, -0.1) is 0 Å². The summed E-state index contributed by atoms with van der Waals surface area (Å²) in [4.78, 5) is 15.7. The van der Waals surface area contributed by atoms with Gasteiger partial charge < -0.3 is 15.2 Å². The van der Waals surface area contributed by atoms with Crippen LogP contribution in [0.5, 0.6) is 0 Å². The fourth-order valence-corrected chi connectivity index (χ4v) is 2.09. The molecule has 0 saturated carbocycles. The summed E-state index contributed by atoms with van der Waals surface area (Å²) in [5.74, 6) is -0.322. The normalized spacial score (nSPS) is 24.2. The highest BCUT2D eigenvalue weighted by Gasteiger charge is 2.41. The number of aromatic nitrogens is 2. The maximum absolute atomic E-state index is 12.4. The molecule has 106 valence electrons. The number of carbonyl (C=O) groups is 1. The number of nitrogens with zero attached hydrogens (tertiary/aromatic N) is 2. The van der Waals surface area contributed by atoms with Crippen LogP contribution in [0.2, 0.25) is 0 Å². The van der Waals surface area contributed by atoms with Crippen LogP contribution < -0.4 is 10.6 Å². The number of aryl methyl sites for hydroxylation is 1. The Morgan fingerprint density at radius 3 is 2.74 bits per heavy atom. The van der Waals surface area contributed by atoms with Crippen LogP contribution in [0.15, 0.2) is 12.5 Å². The van der Waals surface area contributed by atoms with Crippen LogP contribution in [0, 0.1) is 0 Å². The highest BCUT2D eigenvalue weighted by molar-refractivity contribution is 5.92. The third-order valence-corrected chi connectivity index (χ3v) is 3.19. The highest BCUT2D eigenvalue weighted by Crippen LogP contribution is 2.26. The molecule has 0 radical (unpaired) electrons. The van der Waals surface area contributed by atoms with Crippen molar-refractivity contribution in [2.24, 2.45) is 7.05 Å². The topological polar surface area (TPSA) is 59.0 Å². The monoisotopic (exact) mass is 276 g/mol. The van der Waals surface area contributed by atoms with Crippen molar-refractivity contribution >= 4 is 5.91 Å². The molecule has 2 N–H and O–H groups in total. The molecule has 8 heteroatoms. The van der Waals surface area contributed by atoms with Gasteiger partial charge >= 0.3 is 6.18 Å². The Kier molecular flexibility index (Phi) is 3.79. The van der Waals surface area contributed by atoms with Crippen LogP contribution in [0.4, 0.5) is 13.2 Å². The summed E-state index contributed by atoms with van der Waals surface area (Å²) in [6.45, 7) is 0.119. The van der Waals surface area contributed by atoms with Crippen LogP contribution in [0.3, 0.4) is 0 Å². The highest BCUT2D eigenvalue weighted by atomic mass is 19.4. The molecule has 2 rings (SSSR count). The second kappa shape index (κ2) is 5.20. The zero-order chi connectivity index (χ0) is 14.0. The molecule has 2 atom stereocenters. The summed E-state index contributed by atoms with van der Waals surface area (Å²) in [6.07, 6.45) is -1.03. The van der Waals surface area contributed by atoms with Crippen molar-refractivity contribution in [1.29, 1.82) is 0 Å². The van der Waals surface area contributed by atoms with E-state index in [0.29, 0.717) is 12.1 Å². The van der Waals surface area contributed by atoms with Crippen molar-refractivity contribution in [1.82, 2.24) is 20.2 Å². The predicted molar refractivity (Wildman–Crippen MR) is 61.5 cm³/mol. The van der Waals surface area contributed by atoms with Crippen molar-refractivity contribution in [2.45, 2.75) is 31.1 Å². The van der Waals surface area contributed by atoms with Crippen molar-refractivity contribution in [3.8, 4) is 0 Å². The summed E-state index contributed by atoms with van der Waals surface area (Å²) >= 11 is 0. The van der Waals surface area contributed by atoms with Gasteiger partial charge in [-0.25, -0.2) is 4.98 Å². The van der Waals surface area contributed by atoms with Crippen LogP contribution in [0.1, 0.15) is 23.3 Å². The molecular weight excluding hydrogens is 261 g/mol. The third-order valence-electron chi connectivity index (χ3n) is 3.19. The lowest BCUT2D eigenvalue weighted by molar-refractivity contribution is -0.160. The van der Waals surface area contributed by atoms with Crippen LogP contribution in [-0.4, -0.2) is 40.3 Å². The molecule has 1 aromatic heterocycles. The van der Waals surface area contributed by atoms with Crippen molar-refractivity contribution < 1.29 is 18.0 Å². The van der Waals surface area contributed by atoms with Gasteiger partial charge in [-0.2, -0.15) is 13.2 Å². The lowest BCUT2D eigenvalue weighted by atomic mass is 10.0. The number of alkyl halides is 3. The van der Waals surface area contributed by atoms with Gasteiger partial charge in [0.1, 0.15) is 11.7 Å². The molecule has 2 heterocycles. The zero-order valence-corrected chi connectivity index (χ0v) is 10.4. The number of halogens is 3. The molecule has 2 unspecified atom stereocenters. The first-order chi connectivity index (χ1) is 8.88. The molecule has 1 aromatic rings. The second-order valence-electron chi connectivity index (χ2n) is 4.64. The van der Waals surface area contributed by atoms with Crippen molar-refractivity contribution in [2.75, 3.05) is 6.54 Å². The van der Waals surface area contributed by atoms with E-state index in [2.05, 4.69) is 15.6 Å². The minimum absolute atomic E-state index is 0.0279. The molecule has 5 nitrogen and oxygen atoms in total. The molecule has 1 aliphatic heterocycles. The van der Waals surface area contributed by atoms with Crippen LogP contribution in [-0.2, 0) is 7.05 Å². The number of hydrogen-bond donors (Lipinski definition) is 2. The molecule has 0 aliphatic carbocycles. The minimum atomic E-state index is -4.23. The van der Waals surface area contributed by atoms with Gasteiger partial charge in [-0.3, -0.25) is 4.79 Å². The first-order valence-electron chi connectivity index (χ1n) is 5.95. The number of carbonyl (C=O) groups excluding carboxylic acids is 1. The molecule has 1 aliphatic rings. The number of hydrogen-bond acceptors (Lipinski definition) is 3. The maximum atomic E-state index is 12.4. The Hall–Kier alpha value is -1.57. The average molecular weight is 276 g/mol. The van der Waals surface area contributed by atoms with E-state index in [1.807, 2.05) is 0 Å². The molecular formula is C11H15F3N4O. The smallest absolute Gasteiger partial charge is 0.347 e. The standard InChI is InChI=1S/C11H15F3N4O/c1-18-6-15-5-8(18)10(19)17-7-2-3-9(16-4-7)11(12,13)14/h5-7,9,16H,2-4H2,1H3,(H,17,19). The van der Waals surface area contributed by atoms with Crippen molar-refractivity contribution in [3.05, 3.63) is 18.2 Å². The van der Waals surface area contributed by atoms with Gasteiger partial charge in [-0.1, -0.05) is 0 Å². The first-order valence-corrected chi connectivity index (χ1v) is 5.95. The quantitative estimate of drug-likeness (QED) is 0.841. The van der Waals surface area contributed by atoms with E-state index >= 15 is 0 Å². The molecule has 19 heavy (non-hydrogen) atoms. The fourth-order valence-electron chi connectivity index (χ4n) is 2.09. The SMILES string of the molecule is Cn1cncc1C(=O)NC1CCC(C(F)(F)F)NC1. The van der Waals surface area contributed by atoms with Gasteiger partial charge in [0.2, 0.25) is 0 Å². The second-order valence-corrected chi connectivity index (χ2v) is 4.64. The Balaban J connectivity index is 1.86. The van der Waals surface area contributed by atoms with Gasteiger partial charge in [-0.05, 0) is 12.8 Å². The summed E-state index contributed by atoms with van der Waals surface area (Å²) in [5.41, 5.74) is 0.387. The summed E-state index contributed by atoms with van der Waals surface area (Å²) in [6, 6.07) is -1.77. The van der Waals surface area contributed by atoms with Gasteiger partial charge in [0.05, 0.1) is 12.5 Å². The van der Waals surface area contributed by atoms with E-state index in [0.717, 1.165) is 0 Å². The Morgan fingerprint density at radius 2 is 2.26 bits per heavy atom. The van der Waals surface area contributed by atoms with Crippen LogP contribution in [0.25, 0.3) is 0 Å². The summed E-state index contributed by atoms with van der Waals surface area (Å²) in [7, 11) is 1.68. The number of rotatable bonds is 2. The summed E-state index contributed by atoms with van der Waals surface area (Å²) in [5, 5.41) is 5.12. The zero-order valence-electron chi connectivity index (χ0n) is 10.4. The van der Waals surface area contributed by atoms with E-state index < -0.39 is 12.2 Å². The van der Waals surface area contributed by atoms with Crippen molar-refractivity contribution in [3.63, 3.8) is 0 Å². The predicted octanol–water partition coefficient (Wildman–Crippen LogP) is 0.833. The summed E-state index contributed by atoms with van der Waals surface area (Å²) < 4.78 is 38.9. The van der Waals surface area contributed by atoms with Gasteiger partial charge in [0, 0.05) is 19.6 Å². The average Bonchev–Trinajstić information content (AvgIpc) is 2.75. The number of piperidine rings is 1. The van der Waals surface area contributed by atoms with Crippen LogP contribution >= 0.6 is 0 Å². The molecule has 0 spiro atoms. The minimum Gasteiger partial charge on any atom is -0.347 e.